The molecule has 1 amide bonds. The second-order valence-corrected chi connectivity index (χ2v) is 8.87. The molecule has 28 heavy (non-hydrogen) atoms. The van der Waals surface area contributed by atoms with Crippen LogP contribution in [0.5, 0.6) is 0 Å². The van der Waals surface area contributed by atoms with Crippen LogP contribution in [0.3, 0.4) is 0 Å². The van der Waals surface area contributed by atoms with E-state index in [0.29, 0.717) is 17.9 Å². The Hall–Kier alpha value is -2.55. The molecule has 0 radical (unpaired) electrons. The standard InChI is InChI=1S/C25H27NO2/c1-25-14-5-8-21(16-25)22(13-15-25)26-17-23(28-24(26)27)20-11-9-19(10-12-20)18-6-3-2-4-7-18/h2-4,6-7,9-13,15,21-23H,5,8,14,16-17H2,1H3. The van der Waals surface area contributed by atoms with E-state index in [9.17, 15) is 4.79 Å². The second kappa shape index (κ2) is 6.80. The molecule has 1 saturated heterocycles. The van der Waals surface area contributed by atoms with Gasteiger partial charge >= 0.3 is 6.09 Å². The highest BCUT2D eigenvalue weighted by molar-refractivity contribution is 5.71. The molecule has 1 heterocycles. The number of benzene rings is 2. The highest BCUT2D eigenvalue weighted by atomic mass is 16.6. The third-order valence-corrected chi connectivity index (χ3v) is 6.82. The molecular formula is C25H27NO2. The number of carbonyl (C=O) groups is 1. The number of amides is 1. The Kier molecular flexibility index (Phi) is 4.26. The highest BCUT2D eigenvalue weighted by Gasteiger charge is 2.44. The number of ether oxygens (including phenoxy) is 1. The SMILES string of the molecule is CC12C=CC(N3CC(c4ccc(-c5ccccc5)cc4)OC3=O)C(CCC1)C2. The predicted octanol–water partition coefficient (Wildman–Crippen LogP) is 5.98. The van der Waals surface area contributed by atoms with Crippen molar-refractivity contribution in [3.8, 4) is 11.1 Å². The first kappa shape index (κ1) is 17.5. The maximum Gasteiger partial charge on any atom is 0.411 e. The normalized spacial score (nSPS) is 31.7. The fourth-order valence-corrected chi connectivity index (χ4v) is 5.28. The molecule has 4 atom stereocenters. The van der Waals surface area contributed by atoms with Gasteiger partial charge in [-0.2, -0.15) is 0 Å². The van der Waals surface area contributed by atoms with Gasteiger partial charge in [0.25, 0.3) is 0 Å². The molecular weight excluding hydrogens is 346 g/mol. The maximum absolute atomic E-state index is 12.7. The molecule has 1 saturated carbocycles. The lowest BCUT2D eigenvalue weighted by Gasteiger charge is -2.45. The van der Waals surface area contributed by atoms with Crippen LogP contribution >= 0.6 is 0 Å². The minimum atomic E-state index is -0.178. The number of fused-ring (bicyclic) bond motifs is 2. The van der Waals surface area contributed by atoms with E-state index in [4.69, 9.17) is 4.74 Å². The lowest BCUT2D eigenvalue weighted by atomic mass is 9.65. The highest BCUT2D eigenvalue weighted by Crippen LogP contribution is 2.47. The minimum absolute atomic E-state index is 0.166. The first-order chi connectivity index (χ1) is 13.6. The van der Waals surface area contributed by atoms with Gasteiger partial charge < -0.3 is 4.74 Å². The van der Waals surface area contributed by atoms with Gasteiger partial charge in [0, 0.05) is 0 Å². The topological polar surface area (TPSA) is 29.5 Å². The molecule has 3 aliphatic rings. The molecule has 2 aliphatic carbocycles. The smallest absolute Gasteiger partial charge is 0.411 e. The van der Waals surface area contributed by atoms with E-state index in [2.05, 4.69) is 55.5 Å². The Balaban J connectivity index is 1.33. The number of rotatable bonds is 3. The molecule has 5 rings (SSSR count). The summed E-state index contributed by atoms with van der Waals surface area (Å²) >= 11 is 0. The van der Waals surface area contributed by atoms with Crippen molar-refractivity contribution in [3.05, 3.63) is 72.3 Å². The van der Waals surface area contributed by atoms with Gasteiger partial charge in [0.15, 0.2) is 0 Å². The summed E-state index contributed by atoms with van der Waals surface area (Å²) in [4.78, 5) is 14.6. The van der Waals surface area contributed by atoms with Gasteiger partial charge in [-0.3, -0.25) is 4.90 Å². The first-order valence-electron chi connectivity index (χ1n) is 10.4. The zero-order chi connectivity index (χ0) is 19.1. The number of cyclic esters (lactones) is 1. The predicted molar refractivity (Wildman–Crippen MR) is 111 cm³/mol. The maximum atomic E-state index is 12.7. The molecule has 3 heteroatoms. The zero-order valence-electron chi connectivity index (χ0n) is 16.4. The van der Waals surface area contributed by atoms with Crippen LogP contribution in [0.2, 0.25) is 0 Å². The Morgan fingerprint density at radius 1 is 1.04 bits per heavy atom. The van der Waals surface area contributed by atoms with Crippen molar-refractivity contribution in [2.45, 2.75) is 44.8 Å². The Morgan fingerprint density at radius 2 is 1.79 bits per heavy atom. The van der Waals surface area contributed by atoms with Crippen LogP contribution in [0.15, 0.2) is 66.7 Å². The fourth-order valence-electron chi connectivity index (χ4n) is 5.28. The first-order valence-corrected chi connectivity index (χ1v) is 10.4. The Bertz CT molecular complexity index is 889. The number of carbonyl (C=O) groups excluding carboxylic acids is 1. The average molecular weight is 373 g/mol. The average Bonchev–Trinajstić information content (AvgIpc) is 3.10. The molecule has 2 bridgehead atoms. The minimum Gasteiger partial charge on any atom is -0.439 e. The van der Waals surface area contributed by atoms with Crippen LogP contribution in [-0.4, -0.2) is 23.6 Å². The molecule has 1 aliphatic heterocycles. The van der Waals surface area contributed by atoms with Gasteiger partial charge in [-0.1, -0.05) is 80.1 Å². The van der Waals surface area contributed by atoms with Crippen molar-refractivity contribution in [1.82, 2.24) is 4.90 Å². The molecule has 3 nitrogen and oxygen atoms in total. The molecule has 2 aromatic carbocycles. The van der Waals surface area contributed by atoms with Gasteiger partial charge in [0.2, 0.25) is 0 Å². The number of hydrogen-bond donors (Lipinski definition) is 0. The Labute approximate surface area is 167 Å². The van der Waals surface area contributed by atoms with Crippen LogP contribution in [0, 0.1) is 11.3 Å². The van der Waals surface area contributed by atoms with Crippen molar-refractivity contribution in [3.63, 3.8) is 0 Å². The van der Waals surface area contributed by atoms with Crippen molar-refractivity contribution >= 4 is 6.09 Å². The number of hydrogen-bond acceptors (Lipinski definition) is 2. The van der Waals surface area contributed by atoms with Crippen LogP contribution < -0.4 is 0 Å². The van der Waals surface area contributed by atoms with Gasteiger partial charge in [-0.05, 0) is 47.3 Å². The molecule has 2 fully saturated rings. The third kappa shape index (κ3) is 3.13. The lowest BCUT2D eigenvalue weighted by Crippen LogP contribution is -2.45. The summed E-state index contributed by atoms with van der Waals surface area (Å²) in [7, 11) is 0. The van der Waals surface area contributed by atoms with Crippen molar-refractivity contribution in [2.24, 2.45) is 11.3 Å². The van der Waals surface area contributed by atoms with E-state index < -0.39 is 0 Å². The van der Waals surface area contributed by atoms with Crippen molar-refractivity contribution < 1.29 is 9.53 Å². The van der Waals surface area contributed by atoms with E-state index in [1.54, 1.807) is 0 Å². The molecule has 4 unspecified atom stereocenters. The molecule has 144 valence electrons. The van der Waals surface area contributed by atoms with Crippen LogP contribution in [0.4, 0.5) is 4.79 Å². The van der Waals surface area contributed by atoms with E-state index in [1.807, 2.05) is 23.1 Å². The molecule has 0 N–H and O–H groups in total. The summed E-state index contributed by atoms with van der Waals surface area (Å²) in [5.74, 6) is 0.565. The summed E-state index contributed by atoms with van der Waals surface area (Å²) in [5, 5.41) is 0. The monoisotopic (exact) mass is 373 g/mol. The van der Waals surface area contributed by atoms with Gasteiger partial charge in [-0.15, -0.1) is 0 Å². The molecule has 0 spiro atoms. The third-order valence-electron chi connectivity index (χ3n) is 6.82. The van der Waals surface area contributed by atoms with Gasteiger partial charge in [0.1, 0.15) is 6.10 Å². The van der Waals surface area contributed by atoms with E-state index in [1.165, 1.54) is 36.8 Å². The molecule has 2 aromatic rings. The summed E-state index contributed by atoms with van der Waals surface area (Å²) in [6.07, 6.45) is 9.21. The summed E-state index contributed by atoms with van der Waals surface area (Å²) in [6.45, 7) is 3.00. The van der Waals surface area contributed by atoms with E-state index in [-0.39, 0.29) is 18.2 Å². The van der Waals surface area contributed by atoms with Crippen LogP contribution in [-0.2, 0) is 4.74 Å². The fraction of sp³-hybridized carbons (Fsp3) is 0.400. The number of allylic oxidation sites excluding steroid dienone is 1. The van der Waals surface area contributed by atoms with Gasteiger partial charge in [-0.25, -0.2) is 4.79 Å². The summed E-state index contributed by atoms with van der Waals surface area (Å²) in [6, 6.07) is 19.0. The van der Waals surface area contributed by atoms with Crippen LogP contribution in [0.25, 0.3) is 11.1 Å². The summed E-state index contributed by atoms with van der Waals surface area (Å²) in [5.41, 5.74) is 3.79. The largest absolute Gasteiger partial charge is 0.439 e. The van der Waals surface area contributed by atoms with E-state index in [0.717, 1.165) is 5.56 Å². The van der Waals surface area contributed by atoms with Crippen LogP contribution in [0.1, 0.15) is 44.3 Å². The van der Waals surface area contributed by atoms with E-state index >= 15 is 0 Å². The Morgan fingerprint density at radius 3 is 2.57 bits per heavy atom. The lowest BCUT2D eigenvalue weighted by molar-refractivity contribution is 0.104. The second-order valence-electron chi connectivity index (χ2n) is 8.87. The summed E-state index contributed by atoms with van der Waals surface area (Å²) < 4.78 is 5.77. The number of nitrogens with zero attached hydrogens (tertiary/aromatic N) is 1. The zero-order valence-corrected chi connectivity index (χ0v) is 16.4. The van der Waals surface area contributed by atoms with Gasteiger partial charge in [0.05, 0.1) is 12.6 Å². The van der Waals surface area contributed by atoms with Crippen molar-refractivity contribution in [1.29, 1.82) is 0 Å². The quantitative estimate of drug-likeness (QED) is 0.619. The molecule has 0 aromatic heterocycles. The van der Waals surface area contributed by atoms with Crippen molar-refractivity contribution in [2.75, 3.05) is 6.54 Å².